The molecular weight excluding hydrogens is 378 g/mol. The molecule has 0 radical (unpaired) electrons. The molecule has 1 aromatic rings. The number of hydrogen-bond acceptors (Lipinski definition) is 6. The van der Waals surface area contributed by atoms with E-state index in [2.05, 4.69) is 17.7 Å². The summed E-state index contributed by atoms with van der Waals surface area (Å²) in [6.07, 6.45) is 2.72. The molecule has 9 nitrogen and oxygen atoms in total. The lowest BCUT2D eigenvalue weighted by atomic mass is 9.77. The number of nitrogens with one attached hydrogen (secondary N) is 2. The molecule has 29 heavy (non-hydrogen) atoms. The van der Waals surface area contributed by atoms with Crippen molar-refractivity contribution in [1.29, 1.82) is 0 Å². The Bertz CT molecular complexity index is 845. The minimum Gasteiger partial charge on any atom is -0.496 e. The first kappa shape index (κ1) is 20.6. The number of carbonyl (C=O) groups excluding carboxylic acids is 4. The average molecular weight is 403 g/mol. The Balaban J connectivity index is 1.56. The number of amides is 4. The molecule has 0 aromatic heterocycles. The van der Waals surface area contributed by atoms with Gasteiger partial charge in [-0.1, -0.05) is 13.0 Å². The number of nitrogens with zero attached hydrogens (tertiary/aromatic N) is 1. The molecular formula is C20H25N3O6. The number of hydrazine groups is 1. The van der Waals surface area contributed by atoms with Crippen LogP contribution in [0.5, 0.6) is 5.75 Å². The minimum atomic E-state index is -0.952. The van der Waals surface area contributed by atoms with Crippen LogP contribution in [-0.4, -0.2) is 48.1 Å². The zero-order valence-electron chi connectivity index (χ0n) is 16.7. The molecule has 9 heteroatoms. The first-order chi connectivity index (χ1) is 13.8. The lowest BCUT2D eigenvalue weighted by Gasteiger charge is -2.33. The van der Waals surface area contributed by atoms with Gasteiger partial charge in [0.1, 0.15) is 11.3 Å². The number of benzene rings is 1. The maximum absolute atomic E-state index is 12.7. The standard InChI is InChI=1S/C20H25N3O6/c1-12-6-8-20(9-7-12)18(26)23(19(27)21-20)22-16(24)11-29-17(25)14-5-4-13(2)15(10-14)28-3/h4-5,10,12H,6-9,11H2,1-3H3,(H,21,27)(H,22,24). The van der Waals surface area contributed by atoms with Crippen LogP contribution in [0.25, 0.3) is 0 Å². The SMILES string of the molecule is COc1cc(C(=O)OCC(=O)NN2C(=O)NC3(CCC(C)CC3)C2=O)ccc1C. The second-order valence-corrected chi connectivity index (χ2v) is 7.63. The zero-order chi connectivity index (χ0) is 21.2. The van der Waals surface area contributed by atoms with Gasteiger partial charge >= 0.3 is 12.0 Å². The molecule has 0 bridgehead atoms. The molecule has 2 aliphatic rings. The normalized spacial score (nSPS) is 23.7. The third kappa shape index (κ3) is 4.18. The summed E-state index contributed by atoms with van der Waals surface area (Å²) in [6.45, 7) is 3.31. The Labute approximate surface area is 168 Å². The van der Waals surface area contributed by atoms with Gasteiger partial charge in [-0.25, -0.2) is 9.59 Å². The third-order valence-electron chi connectivity index (χ3n) is 5.50. The van der Waals surface area contributed by atoms with Gasteiger partial charge in [0.25, 0.3) is 11.8 Å². The number of rotatable bonds is 5. The summed E-state index contributed by atoms with van der Waals surface area (Å²) in [6, 6.07) is 4.10. The van der Waals surface area contributed by atoms with Crippen LogP contribution in [0.2, 0.25) is 0 Å². The van der Waals surface area contributed by atoms with Gasteiger partial charge in [0.05, 0.1) is 12.7 Å². The second-order valence-electron chi connectivity index (χ2n) is 7.63. The number of aryl methyl sites for hydroxylation is 1. The van der Waals surface area contributed by atoms with Crippen LogP contribution in [0.4, 0.5) is 4.79 Å². The van der Waals surface area contributed by atoms with Crippen molar-refractivity contribution in [2.75, 3.05) is 13.7 Å². The highest BCUT2D eigenvalue weighted by Crippen LogP contribution is 2.35. The number of hydrogen-bond donors (Lipinski definition) is 2. The van der Waals surface area contributed by atoms with Crippen molar-refractivity contribution in [2.45, 2.75) is 45.1 Å². The lowest BCUT2D eigenvalue weighted by Crippen LogP contribution is -2.52. The van der Waals surface area contributed by atoms with Crippen molar-refractivity contribution < 1.29 is 28.7 Å². The van der Waals surface area contributed by atoms with E-state index in [1.807, 2.05) is 6.92 Å². The highest BCUT2D eigenvalue weighted by atomic mass is 16.5. The molecule has 1 saturated heterocycles. The third-order valence-corrected chi connectivity index (χ3v) is 5.50. The summed E-state index contributed by atoms with van der Waals surface area (Å²) in [5.74, 6) is -0.947. The number of methoxy groups -OCH3 is 1. The Morgan fingerprint density at radius 2 is 1.97 bits per heavy atom. The van der Waals surface area contributed by atoms with Crippen molar-refractivity contribution in [2.24, 2.45) is 5.92 Å². The van der Waals surface area contributed by atoms with E-state index in [0.717, 1.165) is 18.4 Å². The molecule has 0 unspecified atom stereocenters. The van der Waals surface area contributed by atoms with E-state index in [1.165, 1.54) is 13.2 Å². The van der Waals surface area contributed by atoms with Gasteiger partial charge in [-0.05, 0) is 56.2 Å². The highest BCUT2D eigenvalue weighted by Gasteiger charge is 2.52. The number of urea groups is 1. The summed E-state index contributed by atoms with van der Waals surface area (Å²) in [5.41, 5.74) is 2.36. The van der Waals surface area contributed by atoms with E-state index in [9.17, 15) is 19.2 Å². The monoisotopic (exact) mass is 403 g/mol. The Kier molecular flexibility index (Phi) is 5.76. The van der Waals surface area contributed by atoms with Crippen LogP contribution < -0.4 is 15.5 Å². The Hall–Kier alpha value is -3.10. The van der Waals surface area contributed by atoms with E-state index in [1.54, 1.807) is 12.1 Å². The van der Waals surface area contributed by atoms with E-state index in [4.69, 9.17) is 9.47 Å². The summed E-state index contributed by atoms with van der Waals surface area (Å²) in [5, 5.41) is 3.39. The van der Waals surface area contributed by atoms with E-state index in [-0.39, 0.29) is 5.56 Å². The molecule has 1 heterocycles. The predicted molar refractivity (Wildman–Crippen MR) is 102 cm³/mol. The minimum absolute atomic E-state index is 0.227. The predicted octanol–water partition coefficient (Wildman–Crippen LogP) is 1.69. The van der Waals surface area contributed by atoms with Crippen LogP contribution in [0.3, 0.4) is 0 Å². The van der Waals surface area contributed by atoms with Gasteiger partial charge in [0.2, 0.25) is 0 Å². The van der Waals surface area contributed by atoms with Gasteiger partial charge in [-0.2, -0.15) is 5.01 Å². The maximum Gasteiger partial charge on any atom is 0.344 e. The van der Waals surface area contributed by atoms with E-state index < -0.39 is 36.0 Å². The van der Waals surface area contributed by atoms with Gasteiger partial charge in [0.15, 0.2) is 6.61 Å². The van der Waals surface area contributed by atoms with Gasteiger partial charge in [-0.15, -0.1) is 0 Å². The number of imide groups is 1. The quantitative estimate of drug-likeness (QED) is 0.571. The van der Waals surface area contributed by atoms with Crippen LogP contribution in [0, 0.1) is 12.8 Å². The molecule has 1 spiro atoms. The van der Waals surface area contributed by atoms with Crippen LogP contribution in [0.15, 0.2) is 18.2 Å². The van der Waals surface area contributed by atoms with Gasteiger partial charge in [0, 0.05) is 0 Å². The summed E-state index contributed by atoms with van der Waals surface area (Å²) >= 11 is 0. The summed E-state index contributed by atoms with van der Waals surface area (Å²) in [7, 11) is 1.49. The fourth-order valence-corrected chi connectivity index (χ4v) is 3.63. The molecule has 1 saturated carbocycles. The Morgan fingerprint density at radius 3 is 2.62 bits per heavy atom. The number of esters is 1. The Morgan fingerprint density at radius 1 is 1.28 bits per heavy atom. The number of carbonyl (C=O) groups is 4. The fourth-order valence-electron chi connectivity index (χ4n) is 3.63. The molecule has 1 aliphatic heterocycles. The lowest BCUT2D eigenvalue weighted by molar-refractivity contribution is -0.141. The first-order valence-corrected chi connectivity index (χ1v) is 9.54. The van der Waals surface area contributed by atoms with E-state index in [0.29, 0.717) is 29.5 Å². The molecule has 1 aliphatic carbocycles. The first-order valence-electron chi connectivity index (χ1n) is 9.54. The van der Waals surface area contributed by atoms with Crippen molar-refractivity contribution in [3.63, 3.8) is 0 Å². The van der Waals surface area contributed by atoms with Crippen molar-refractivity contribution >= 4 is 23.8 Å². The van der Waals surface area contributed by atoms with Crippen molar-refractivity contribution in [3.05, 3.63) is 29.3 Å². The van der Waals surface area contributed by atoms with Crippen LogP contribution >= 0.6 is 0 Å². The highest BCUT2D eigenvalue weighted by molar-refractivity contribution is 6.08. The van der Waals surface area contributed by atoms with E-state index >= 15 is 0 Å². The number of ether oxygens (including phenoxy) is 2. The largest absolute Gasteiger partial charge is 0.496 e. The molecule has 0 atom stereocenters. The van der Waals surface area contributed by atoms with Gasteiger partial charge < -0.3 is 14.8 Å². The zero-order valence-corrected chi connectivity index (χ0v) is 16.7. The van der Waals surface area contributed by atoms with Crippen molar-refractivity contribution in [3.8, 4) is 5.75 Å². The smallest absolute Gasteiger partial charge is 0.344 e. The molecule has 4 amide bonds. The summed E-state index contributed by atoms with van der Waals surface area (Å²) < 4.78 is 10.1. The summed E-state index contributed by atoms with van der Waals surface area (Å²) in [4.78, 5) is 49.2. The molecule has 2 N–H and O–H groups in total. The molecule has 1 aromatic carbocycles. The van der Waals surface area contributed by atoms with Crippen molar-refractivity contribution in [1.82, 2.24) is 15.8 Å². The fraction of sp³-hybridized carbons (Fsp3) is 0.500. The van der Waals surface area contributed by atoms with Gasteiger partial charge in [-0.3, -0.25) is 15.0 Å². The van der Waals surface area contributed by atoms with Crippen LogP contribution in [-0.2, 0) is 14.3 Å². The maximum atomic E-state index is 12.7. The molecule has 3 rings (SSSR count). The second kappa shape index (κ2) is 8.10. The van der Waals surface area contributed by atoms with Crippen LogP contribution in [0.1, 0.15) is 48.5 Å². The average Bonchev–Trinajstić information content (AvgIpc) is 2.93. The molecule has 156 valence electrons. The topological polar surface area (TPSA) is 114 Å². The molecule has 2 fully saturated rings.